The summed E-state index contributed by atoms with van der Waals surface area (Å²) in [6.07, 6.45) is -9.42. The lowest BCUT2D eigenvalue weighted by atomic mass is 10.2. The predicted octanol–water partition coefficient (Wildman–Crippen LogP) is 1.18. The average Bonchev–Trinajstić information content (AvgIpc) is 2.12. The number of piperidine rings is 1. The highest BCUT2D eigenvalue weighted by Crippen LogP contribution is 1.96. The first-order chi connectivity index (χ1) is 6.82. The van der Waals surface area contributed by atoms with Gasteiger partial charge in [0.1, 0.15) is 1.41 Å². The molecule has 2 heteroatoms. The van der Waals surface area contributed by atoms with Crippen molar-refractivity contribution in [1.29, 1.82) is 0 Å². The van der Waals surface area contributed by atoms with Crippen LogP contribution < -0.4 is 5.31 Å². The molecule has 0 spiro atoms. The number of nitrogens with one attached hydrogen (secondary N) is 1. The fourth-order valence-corrected chi connectivity index (χ4v) is 0.193. The predicted molar refractivity (Wildman–Crippen MR) is 34.0 cm³/mol. The Morgan fingerprint density at radius 1 is 1.43 bits per heavy atom. The molecule has 7 heavy (non-hydrogen) atoms. The van der Waals surface area contributed by atoms with Gasteiger partial charge in [-0.05, 0) is 25.8 Å². The molecule has 0 radical (unpaired) electrons. The van der Waals surface area contributed by atoms with Gasteiger partial charge in [0, 0.05) is 12.3 Å². The molecular formula is C5H12ClN. The van der Waals surface area contributed by atoms with Gasteiger partial charge in [-0.25, -0.2) is 0 Å². The topological polar surface area (TPSA) is 12.0 Å². The summed E-state index contributed by atoms with van der Waals surface area (Å²) in [7, 11) is 0. The minimum atomic E-state index is -3.23. The third-order valence-electron chi connectivity index (χ3n) is 0.384. The van der Waals surface area contributed by atoms with Gasteiger partial charge in [-0.2, -0.15) is 0 Å². The van der Waals surface area contributed by atoms with E-state index >= 15 is 0 Å². The van der Waals surface area contributed by atoms with Crippen LogP contribution >= 0.6 is 12.4 Å². The third-order valence-corrected chi connectivity index (χ3v) is 0.384. The van der Waals surface area contributed by atoms with Crippen molar-refractivity contribution in [2.75, 3.05) is 13.0 Å². The molecule has 1 heterocycles. The van der Waals surface area contributed by atoms with Crippen molar-refractivity contribution in [3.63, 3.8) is 0 Å². The zero-order valence-corrected chi connectivity index (χ0v) is 4.25. The van der Waals surface area contributed by atoms with Gasteiger partial charge in [0.2, 0.25) is 0 Å². The first-order valence-corrected chi connectivity index (χ1v) is 1.52. The van der Waals surface area contributed by atoms with Gasteiger partial charge in [0.15, 0.2) is 0 Å². The average molecular weight is 132 g/mol. The van der Waals surface area contributed by atoms with Gasteiger partial charge < -0.3 is 5.31 Å². The van der Waals surface area contributed by atoms with E-state index in [0.717, 1.165) is 0 Å². The Morgan fingerprint density at radius 3 is 3.14 bits per heavy atom. The summed E-state index contributed by atoms with van der Waals surface area (Å²) in [5.41, 5.74) is 0. The van der Waals surface area contributed by atoms with Gasteiger partial charge in [-0.3, -0.25) is 0 Å². The van der Waals surface area contributed by atoms with E-state index in [2.05, 4.69) is 0 Å². The summed E-state index contributed by atoms with van der Waals surface area (Å²) in [5, 5.41) is -0.172. The first kappa shape index (κ1) is 1.07. The van der Waals surface area contributed by atoms with Crippen LogP contribution in [0.1, 0.15) is 31.5 Å². The maximum atomic E-state index is 7.35. The van der Waals surface area contributed by atoms with Crippen LogP contribution in [-0.2, 0) is 0 Å². The Bertz CT molecular complexity index is 273. The van der Waals surface area contributed by atoms with Gasteiger partial charge >= 0.3 is 0 Å². The summed E-state index contributed by atoms with van der Waals surface area (Å²) in [5.74, 6) is 0. The van der Waals surface area contributed by atoms with Crippen molar-refractivity contribution in [2.24, 2.45) is 0 Å². The molecule has 0 aromatic rings. The van der Waals surface area contributed by atoms with E-state index in [9.17, 15) is 0 Å². The van der Waals surface area contributed by atoms with E-state index in [1.165, 1.54) is 0 Å². The molecule has 1 nitrogen and oxygen atoms in total. The highest BCUT2D eigenvalue weighted by Gasteiger charge is 1.93. The molecule has 0 saturated carbocycles. The van der Waals surface area contributed by atoms with E-state index < -0.39 is 32.1 Å². The molecule has 0 amide bonds. The maximum absolute atomic E-state index is 7.35. The first-order valence-electron chi connectivity index (χ1n) is 6.55. The molecule has 1 atom stereocenters. The number of hydrogen-bond acceptors (Lipinski definition) is 1. The van der Waals surface area contributed by atoms with Crippen LogP contribution in [0.3, 0.4) is 0 Å². The van der Waals surface area contributed by atoms with Crippen LogP contribution in [-0.4, -0.2) is 13.0 Å². The Balaban J connectivity index is 0.00000256. The fraction of sp³-hybridized carbons (Fsp3) is 1.00. The second-order valence-corrected chi connectivity index (χ2v) is 0.764. The zero-order chi connectivity index (χ0) is 13.2. The van der Waals surface area contributed by atoms with E-state index in [-0.39, 0.29) is 17.7 Å². The van der Waals surface area contributed by atoms with Gasteiger partial charge in [0.25, 0.3) is 0 Å². The van der Waals surface area contributed by atoms with Crippen molar-refractivity contribution in [3.8, 4) is 0 Å². The Hall–Kier alpha value is 0.250. The highest BCUT2D eigenvalue weighted by molar-refractivity contribution is 5.85. The van der Waals surface area contributed by atoms with Crippen LogP contribution in [0.5, 0.6) is 0 Å². The zero-order valence-electron chi connectivity index (χ0n) is 13.4. The summed E-state index contributed by atoms with van der Waals surface area (Å²) < 4.78 is 73.1. The molecule has 0 aliphatic carbocycles. The lowest BCUT2D eigenvalue weighted by Gasteiger charge is -2.08. The normalized spacial score (nSPS) is 83.7. The molecule has 0 aromatic carbocycles. The standard InChI is InChI=1S/C5H11N.ClH/c1-2-4-6-5-3-1;/h6H,1-5H2;1H/i1D2,2D2,3D2,4D,5D2;/hD. The van der Waals surface area contributed by atoms with Gasteiger partial charge in [-0.15, -0.1) is 12.4 Å². The molecule has 1 unspecified atom stereocenters. The van der Waals surface area contributed by atoms with E-state index in [4.69, 9.17) is 13.7 Å². The molecule has 0 bridgehead atoms. The molecule has 1 fully saturated rings. The molecule has 0 aromatic heterocycles. The van der Waals surface area contributed by atoms with Crippen molar-refractivity contribution >= 4 is 12.4 Å². The van der Waals surface area contributed by atoms with Crippen LogP contribution in [0.25, 0.3) is 0 Å². The molecule has 1 aliphatic heterocycles. The molecule has 1 rings (SSSR count). The van der Waals surface area contributed by atoms with E-state index in [1.54, 1.807) is 0 Å². The summed E-state index contributed by atoms with van der Waals surface area (Å²) in [4.78, 5) is 0. The van der Waals surface area contributed by atoms with Crippen LogP contribution in [0.4, 0.5) is 0 Å². The Kier molecular flexibility index (Phi) is 0.676. The highest BCUT2D eigenvalue weighted by atomic mass is 35.5. The Labute approximate surface area is 65.0 Å². The number of rotatable bonds is 0. The van der Waals surface area contributed by atoms with E-state index in [1.807, 2.05) is 0 Å². The summed E-state index contributed by atoms with van der Waals surface area (Å²) in [6, 6.07) is 0. The second kappa shape index (κ2) is 4.41. The van der Waals surface area contributed by atoms with Gasteiger partial charge in [-0.1, -0.05) is 6.37 Å². The van der Waals surface area contributed by atoms with E-state index in [0.29, 0.717) is 0 Å². The van der Waals surface area contributed by atoms with Crippen molar-refractivity contribution in [1.82, 2.24) is 5.31 Å². The number of hydrogen-bond donors (Lipinski definition) is 1. The van der Waals surface area contributed by atoms with Crippen molar-refractivity contribution in [3.05, 3.63) is 0 Å². The SMILES string of the molecule is Cl.[2H]C1N([2H])C([2H])([2H])C([2H])([2H])C([2H])([2H])C1([2H])[2H]. The third kappa shape index (κ3) is 2.89. The summed E-state index contributed by atoms with van der Waals surface area (Å²) >= 11 is 0. The molecular weight excluding hydrogens is 110 g/mol. The minimum absolute atomic E-state index is 0. The molecule has 1 N–H and O–H groups in total. The lowest BCUT2D eigenvalue weighted by Crippen LogP contribution is -2.21. The maximum Gasteiger partial charge on any atom is 0.122 e. The van der Waals surface area contributed by atoms with Crippen LogP contribution in [0, 0.1) is 0 Å². The molecule has 1 aliphatic rings. The smallest absolute Gasteiger partial charge is 0.122 e. The molecule has 1 saturated heterocycles. The van der Waals surface area contributed by atoms with Crippen LogP contribution in [0.15, 0.2) is 0 Å². The fourth-order valence-electron chi connectivity index (χ4n) is 0.193. The van der Waals surface area contributed by atoms with Gasteiger partial charge in [0.05, 0.1) is 0 Å². The van der Waals surface area contributed by atoms with Crippen LogP contribution in [0.2, 0.25) is 1.41 Å². The summed E-state index contributed by atoms with van der Waals surface area (Å²) in [6.45, 7) is -5.21. The number of halogens is 1. The monoisotopic (exact) mass is 131 g/mol. The van der Waals surface area contributed by atoms with Crippen molar-refractivity contribution < 1.29 is 13.7 Å². The quantitative estimate of drug-likeness (QED) is 0.521. The van der Waals surface area contributed by atoms with Crippen molar-refractivity contribution in [2.45, 2.75) is 19.1 Å². The lowest BCUT2D eigenvalue weighted by molar-refractivity contribution is 0.520. The minimum Gasteiger partial charge on any atom is -0.317 e. The largest absolute Gasteiger partial charge is 0.317 e. The molecule has 44 valence electrons. The second-order valence-electron chi connectivity index (χ2n) is 0.764. The Morgan fingerprint density at radius 2 is 2.29 bits per heavy atom.